The van der Waals surface area contributed by atoms with Crippen molar-refractivity contribution in [3.63, 3.8) is 0 Å². The number of aryl methyl sites for hydroxylation is 1. The molecule has 0 aliphatic rings. The van der Waals surface area contributed by atoms with Gasteiger partial charge in [0, 0.05) is 34.5 Å². The standard InChI is InChI=1S/C12H12IN3O/c1-16-8-9(7-15-16)6-14-12(17)10-3-2-4-11(13)5-10/h2-5,7-8H,6H2,1H3,(H,14,17). The Morgan fingerprint density at radius 2 is 2.35 bits per heavy atom. The summed E-state index contributed by atoms with van der Waals surface area (Å²) in [7, 11) is 1.85. The van der Waals surface area contributed by atoms with Crippen molar-refractivity contribution in [3.05, 3.63) is 51.4 Å². The van der Waals surface area contributed by atoms with E-state index in [-0.39, 0.29) is 5.91 Å². The van der Waals surface area contributed by atoms with E-state index in [2.05, 4.69) is 33.0 Å². The first kappa shape index (κ1) is 12.1. The molecule has 5 heteroatoms. The van der Waals surface area contributed by atoms with E-state index in [9.17, 15) is 4.79 Å². The molecule has 1 amide bonds. The molecule has 0 unspecified atom stereocenters. The average molecular weight is 341 g/mol. The summed E-state index contributed by atoms with van der Waals surface area (Å²) < 4.78 is 2.77. The highest BCUT2D eigenvalue weighted by atomic mass is 127. The molecule has 4 nitrogen and oxygen atoms in total. The normalized spacial score (nSPS) is 10.2. The van der Waals surface area contributed by atoms with Crippen LogP contribution in [0.4, 0.5) is 0 Å². The van der Waals surface area contributed by atoms with E-state index in [1.165, 1.54) is 0 Å². The number of halogens is 1. The third-order valence-corrected chi connectivity index (χ3v) is 2.97. The van der Waals surface area contributed by atoms with Crippen molar-refractivity contribution >= 4 is 28.5 Å². The van der Waals surface area contributed by atoms with Gasteiger partial charge in [0.2, 0.25) is 0 Å². The topological polar surface area (TPSA) is 46.9 Å². The van der Waals surface area contributed by atoms with Gasteiger partial charge in [-0.05, 0) is 40.8 Å². The summed E-state index contributed by atoms with van der Waals surface area (Å²) in [6, 6.07) is 7.50. The fourth-order valence-electron chi connectivity index (χ4n) is 1.48. The van der Waals surface area contributed by atoms with E-state index in [1.807, 2.05) is 31.4 Å². The third kappa shape index (κ3) is 3.29. The lowest BCUT2D eigenvalue weighted by molar-refractivity contribution is 0.0951. The summed E-state index contributed by atoms with van der Waals surface area (Å²) >= 11 is 2.19. The first-order valence-electron chi connectivity index (χ1n) is 5.16. The van der Waals surface area contributed by atoms with Crippen LogP contribution in [0.1, 0.15) is 15.9 Å². The predicted molar refractivity (Wildman–Crippen MR) is 73.5 cm³/mol. The molecular weight excluding hydrogens is 329 g/mol. The van der Waals surface area contributed by atoms with Crippen LogP contribution in [-0.4, -0.2) is 15.7 Å². The van der Waals surface area contributed by atoms with Gasteiger partial charge in [-0.3, -0.25) is 9.48 Å². The molecular formula is C12H12IN3O. The number of nitrogens with zero attached hydrogens (tertiary/aromatic N) is 2. The largest absolute Gasteiger partial charge is 0.348 e. The maximum Gasteiger partial charge on any atom is 0.251 e. The summed E-state index contributed by atoms with van der Waals surface area (Å²) in [5.41, 5.74) is 1.67. The number of carbonyl (C=O) groups excluding carboxylic acids is 1. The lowest BCUT2D eigenvalue weighted by Crippen LogP contribution is -2.22. The molecule has 0 atom stereocenters. The number of hydrogen-bond acceptors (Lipinski definition) is 2. The van der Waals surface area contributed by atoms with E-state index >= 15 is 0 Å². The smallest absolute Gasteiger partial charge is 0.251 e. The number of rotatable bonds is 3. The van der Waals surface area contributed by atoms with Gasteiger partial charge in [0.1, 0.15) is 0 Å². The molecule has 17 heavy (non-hydrogen) atoms. The highest BCUT2D eigenvalue weighted by Crippen LogP contribution is 2.07. The predicted octanol–water partition coefficient (Wildman–Crippen LogP) is 1.95. The lowest BCUT2D eigenvalue weighted by Gasteiger charge is -2.03. The second kappa shape index (κ2) is 5.31. The molecule has 1 aromatic heterocycles. The Hall–Kier alpha value is -1.37. The van der Waals surface area contributed by atoms with Crippen LogP contribution < -0.4 is 5.32 Å². The van der Waals surface area contributed by atoms with Crippen molar-refractivity contribution in [2.45, 2.75) is 6.54 Å². The molecule has 0 saturated heterocycles. The Balaban J connectivity index is 1.98. The first-order chi connectivity index (χ1) is 8.15. The highest BCUT2D eigenvalue weighted by Gasteiger charge is 2.05. The first-order valence-corrected chi connectivity index (χ1v) is 6.24. The zero-order chi connectivity index (χ0) is 12.3. The molecule has 2 rings (SSSR count). The van der Waals surface area contributed by atoms with E-state index in [0.717, 1.165) is 9.13 Å². The van der Waals surface area contributed by atoms with Crippen LogP contribution in [0.5, 0.6) is 0 Å². The van der Waals surface area contributed by atoms with Crippen LogP contribution in [0.3, 0.4) is 0 Å². The number of aromatic nitrogens is 2. The molecule has 0 fully saturated rings. The Morgan fingerprint density at radius 1 is 1.53 bits per heavy atom. The maximum atomic E-state index is 11.8. The van der Waals surface area contributed by atoms with Gasteiger partial charge >= 0.3 is 0 Å². The van der Waals surface area contributed by atoms with Gasteiger partial charge in [0.05, 0.1) is 6.20 Å². The van der Waals surface area contributed by atoms with E-state index in [0.29, 0.717) is 12.1 Å². The summed E-state index contributed by atoms with van der Waals surface area (Å²) in [5.74, 6) is -0.0626. The third-order valence-electron chi connectivity index (χ3n) is 2.30. The summed E-state index contributed by atoms with van der Waals surface area (Å²) in [6.07, 6.45) is 3.63. The van der Waals surface area contributed by atoms with Gasteiger partial charge in [0.25, 0.3) is 5.91 Å². The summed E-state index contributed by atoms with van der Waals surface area (Å²) in [5, 5.41) is 6.91. The molecule has 0 aliphatic carbocycles. The van der Waals surface area contributed by atoms with Gasteiger partial charge in [-0.25, -0.2) is 0 Å². The van der Waals surface area contributed by atoms with Crippen molar-refractivity contribution in [2.24, 2.45) is 7.05 Å². The number of benzene rings is 1. The van der Waals surface area contributed by atoms with Crippen molar-refractivity contribution in [1.29, 1.82) is 0 Å². The van der Waals surface area contributed by atoms with E-state index in [1.54, 1.807) is 16.9 Å². The zero-order valence-corrected chi connectivity index (χ0v) is 11.5. The number of carbonyl (C=O) groups is 1. The second-order valence-corrected chi connectivity index (χ2v) is 4.96. The van der Waals surface area contributed by atoms with Gasteiger partial charge in [0.15, 0.2) is 0 Å². The maximum absolute atomic E-state index is 11.8. The minimum absolute atomic E-state index is 0.0626. The van der Waals surface area contributed by atoms with Crippen LogP contribution in [0.2, 0.25) is 0 Å². The Morgan fingerprint density at radius 3 is 3.00 bits per heavy atom. The SMILES string of the molecule is Cn1cc(CNC(=O)c2cccc(I)c2)cn1. The fraction of sp³-hybridized carbons (Fsp3) is 0.167. The molecule has 1 N–H and O–H groups in total. The minimum atomic E-state index is -0.0626. The van der Waals surface area contributed by atoms with E-state index in [4.69, 9.17) is 0 Å². The van der Waals surface area contributed by atoms with Gasteiger partial charge < -0.3 is 5.32 Å². The molecule has 1 heterocycles. The second-order valence-electron chi connectivity index (χ2n) is 3.72. The lowest BCUT2D eigenvalue weighted by atomic mass is 10.2. The molecule has 0 saturated carbocycles. The van der Waals surface area contributed by atoms with Crippen molar-refractivity contribution in [1.82, 2.24) is 15.1 Å². The van der Waals surface area contributed by atoms with Gasteiger partial charge in [-0.15, -0.1) is 0 Å². The molecule has 0 radical (unpaired) electrons. The van der Waals surface area contributed by atoms with Crippen LogP contribution >= 0.6 is 22.6 Å². The van der Waals surface area contributed by atoms with Crippen molar-refractivity contribution in [2.75, 3.05) is 0 Å². The Labute approximate surface area is 113 Å². The quantitative estimate of drug-likeness (QED) is 0.868. The number of amides is 1. The monoisotopic (exact) mass is 341 g/mol. The van der Waals surface area contributed by atoms with Crippen LogP contribution in [-0.2, 0) is 13.6 Å². The van der Waals surface area contributed by atoms with Crippen LogP contribution in [0.15, 0.2) is 36.7 Å². The molecule has 0 bridgehead atoms. The Bertz CT molecular complexity index is 536. The molecule has 0 spiro atoms. The number of nitrogens with one attached hydrogen (secondary N) is 1. The van der Waals surface area contributed by atoms with Gasteiger partial charge in [-0.2, -0.15) is 5.10 Å². The minimum Gasteiger partial charge on any atom is -0.348 e. The van der Waals surface area contributed by atoms with Crippen LogP contribution in [0.25, 0.3) is 0 Å². The number of hydrogen-bond donors (Lipinski definition) is 1. The van der Waals surface area contributed by atoms with Gasteiger partial charge in [-0.1, -0.05) is 6.07 Å². The zero-order valence-electron chi connectivity index (χ0n) is 9.35. The van der Waals surface area contributed by atoms with E-state index < -0.39 is 0 Å². The Kier molecular flexibility index (Phi) is 3.78. The highest BCUT2D eigenvalue weighted by molar-refractivity contribution is 14.1. The molecule has 0 aliphatic heterocycles. The molecule has 1 aromatic carbocycles. The van der Waals surface area contributed by atoms with Crippen LogP contribution in [0, 0.1) is 3.57 Å². The molecule has 2 aromatic rings. The molecule has 88 valence electrons. The van der Waals surface area contributed by atoms with Crippen molar-refractivity contribution in [3.8, 4) is 0 Å². The van der Waals surface area contributed by atoms with Crippen molar-refractivity contribution < 1.29 is 4.79 Å². The fourth-order valence-corrected chi connectivity index (χ4v) is 2.02. The average Bonchev–Trinajstić information content (AvgIpc) is 2.72. The summed E-state index contributed by atoms with van der Waals surface area (Å²) in [4.78, 5) is 11.8. The summed E-state index contributed by atoms with van der Waals surface area (Å²) in [6.45, 7) is 0.498.